The molecular formula is C10H14N2O2. The van der Waals surface area contributed by atoms with Crippen LogP contribution in [-0.4, -0.2) is 17.2 Å². The number of carbonyl (C=O) groups is 1. The number of rotatable bonds is 1. The summed E-state index contributed by atoms with van der Waals surface area (Å²) in [7, 11) is 0. The van der Waals surface area contributed by atoms with Gasteiger partial charge >= 0.3 is 0 Å². The third kappa shape index (κ3) is 1.42. The number of amides is 1. The lowest BCUT2D eigenvalue weighted by Crippen LogP contribution is -2.38. The first-order valence-electron chi connectivity index (χ1n) is 4.86. The lowest BCUT2D eigenvalue weighted by Gasteiger charge is -2.28. The SMILES string of the molecule is NC(=O)C1=C2CCCCC2=CNC1O. The third-order valence-electron chi connectivity index (χ3n) is 2.79. The lowest BCUT2D eigenvalue weighted by atomic mass is 9.84. The fraction of sp³-hybridized carbons (Fsp3) is 0.500. The van der Waals surface area contributed by atoms with Crippen molar-refractivity contribution < 1.29 is 9.90 Å². The highest BCUT2D eigenvalue weighted by atomic mass is 16.3. The van der Waals surface area contributed by atoms with Gasteiger partial charge in [-0.15, -0.1) is 0 Å². The predicted molar refractivity (Wildman–Crippen MR) is 51.9 cm³/mol. The van der Waals surface area contributed by atoms with Crippen molar-refractivity contribution in [2.24, 2.45) is 5.73 Å². The van der Waals surface area contributed by atoms with Gasteiger partial charge in [-0.25, -0.2) is 0 Å². The minimum atomic E-state index is -0.927. The number of fused-ring (bicyclic) bond motifs is 1. The van der Waals surface area contributed by atoms with Crippen LogP contribution in [0.15, 0.2) is 22.9 Å². The molecule has 0 bridgehead atoms. The first-order valence-corrected chi connectivity index (χ1v) is 4.86. The van der Waals surface area contributed by atoms with Crippen LogP contribution in [0.1, 0.15) is 25.7 Å². The average molecular weight is 194 g/mol. The van der Waals surface area contributed by atoms with E-state index >= 15 is 0 Å². The number of aliphatic hydroxyl groups excluding tert-OH is 1. The third-order valence-corrected chi connectivity index (χ3v) is 2.79. The summed E-state index contributed by atoms with van der Waals surface area (Å²) in [6, 6.07) is 0. The monoisotopic (exact) mass is 194 g/mol. The van der Waals surface area contributed by atoms with E-state index in [0.29, 0.717) is 5.57 Å². The van der Waals surface area contributed by atoms with Gasteiger partial charge in [-0.05, 0) is 36.8 Å². The Hall–Kier alpha value is -1.29. The molecule has 1 aliphatic heterocycles. The van der Waals surface area contributed by atoms with E-state index in [4.69, 9.17) is 5.73 Å². The van der Waals surface area contributed by atoms with Crippen molar-refractivity contribution in [3.63, 3.8) is 0 Å². The standard InChI is InChI=1S/C10H14N2O2/c11-9(13)8-7-4-2-1-3-6(7)5-12-10(8)14/h5,10,12,14H,1-4H2,(H2,11,13). The molecule has 0 aromatic rings. The molecule has 2 aliphatic rings. The van der Waals surface area contributed by atoms with Crippen molar-refractivity contribution in [3.8, 4) is 0 Å². The molecule has 1 atom stereocenters. The zero-order valence-corrected chi connectivity index (χ0v) is 7.92. The maximum atomic E-state index is 11.2. The summed E-state index contributed by atoms with van der Waals surface area (Å²) in [5.74, 6) is -0.521. The normalized spacial score (nSPS) is 26.4. The lowest BCUT2D eigenvalue weighted by molar-refractivity contribution is -0.115. The fourth-order valence-corrected chi connectivity index (χ4v) is 2.11. The summed E-state index contributed by atoms with van der Waals surface area (Å²) >= 11 is 0. The van der Waals surface area contributed by atoms with Crippen LogP contribution in [0.3, 0.4) is 0 Å². The fourth-order valence-electron chi connectivity index (χ4n) is 2.11. The quantitative estimate of drug-likeness (QED) is 0.556. The molecule has 1 heterocycles. The van der Waals surface area contributed by atoms with Crippen molar-refractivity contribution in [2.45, 2.75) is 31.9 Å². The molecule has 4 N–H and O–H groups in total. The van der Waals surface area contributed by atoms with E-state index in [1.54, 1.807) is 6.20 Å². The number of dihydropyridines is 1. The molecule has 1 fully saturated rings. The average Bonchev–Trinajstić information content (AvgIpc) is 2.17. The number of nitrogens with one attached hydrogen (secondary N) is 1. The number of primary amides is 1. The van der Waals surface area contributed by atoms with Crippen LogP contribution in [-0.2, 0) is 4.79 Å². The summed E-state index contributed by atoms with van der Waals surface area (Å²) < 4.78 is 0. The van der Waals surface area contributed by atoms with Crippen LogP contribution in [0.25, 0.3) is 0 Å². The molecule has 0 aromatic carbocycles. The molecule has 0 aromatic heterocycles. The highest BCUT2D eigenvalue weighted by Crippen LogP contribution is 2.33. The Morgan fingerprint density at radius 2 is 2.21 bits per heavy atom. The zero-order chi connectivity index (χ0) is 10.1. The van der Waals surface area contributed by atoms with Gasteiger partial charge in [0.05, 0.1) is 5.57 Å². The van der Waals surface area contributed by atoms with Crippen molar-refractivity contribution in [2.75, 3.05) is 0 Å². The van der Waals surface area contributed by atoms with Crippen LogP contribution in [0.4, 0.5) is 0 Å². The van der Waals surface area contributed by atoms with Gasteiger partial charge in [0.1, 0.15) is 0 Å². The second kappa shape index (κ2) is 3.46. The van der Waals surface area contributed by atoms with Crippen LogP contribution < -0.4 is 11.1 Å². The first kappa shape index (κ1) is 9.27. The molecule has 1 amide bonds. The van der Waals surface area contributed by atoms with E-state index < -0.39 is 12.1 Å². The molecule has 14 heavy (non-hydrogen) atoms. The maximum absolute atomic E-state index is 11.2. The largest absolute Gasteiger partial charge is 0.369 e. The topological polar surface area (TPSA) is 75.4 Å². The van der Waals surface area contributed by atoms with Gasteiger partial charge in [0.15, 0.2) is 6.23 Å². The Morgan fingerprint density at radius 3 is 2.93 bits per heavy atom. The predicted octanol–water partition coefficient (Wildman–Crippen LogP) is 0.148. The van der Waals surface area contributed by atoms with Crippen molar-refractivity contribution in [3.05, 3.63) is 22.9 Å². The van der Waals surface area contributed by atoms with Gasteiger partial charge in [-0.1, -0.05) is 0 Å². The van der Waals surface area contributed by atoms with E-state index in [2.05, 4.69) is 5.32 Å². The van der Waals surface area contributed by atoms with Crippen molar-refractivity contribution in [1.29, 1.82) is 0 Å². The Balaban J connectivity index is 2.41. The Labute approximate surface area is 82.5 Å². The van der Waals surface area contributed by atoms with Gasteiger partial charge < -0.3 is 16.2 Å². The second-order valence-corrected chi connectivity index (χ2v) is 3.70. The van der Waals surface area contributed by atoms with Gasteiger partial charge in [0.25, 0.3) is 0 Å². The summed E-state index contributed by atoms with van der Waals surface area (Å²) in [6.45, 7) is 0. The summed E-state index contributed by atoms with van der Waals surface area (Å²) in [6.07, 6.45) is 4.89. The molecule has 4 heteroatoms. The first-order chi connectivity index (χ1) is 6.70. The van der Waals surface area contributed by atoms with E-state index in [0.717, 1.165) is 36.8 Å². The molecule has 0 radical (unpaired) electrons. The molecule has 2 rings (SSSR count). The summed E-state index contributed by atoms with van der Waals surface area (Å²) in [5, 5.41) is 12.3. The Morgan fingerprint density at radius 1 is 1.50 bits per heavy atom. The van der Waals surface area contributed by atoms with Gasteiger partial charge in [0, 0.05) is 6.20 Å². The number of allylic oxidation sites excluding steroid dienone is 2. The van der Waals surface area contributed by atoms with Gasteiger partial charge in [0.2, 0.25) is 5.91 Å². The second-order valence-electron chi connectivity index (χ2n) is 3.70. The number of hydrogen-bond acceptors (Lipinski definition) is 3. The van der Waals surface area contributed by atoms with Crippen LogP contribution in [0.5, 0.6) is 0 Å². The summed E-state index contributed by atoms with van der Waals surface area (Å²) in [5.41, 5.74) is 7.66. The van der Waals surface area contributed by atoms with Crippen molar-refractivity contribution >= 4 is 5.91 Å². The highest BCUT2D eigenvalue weighted by Gasteiger charge is 2.27. The van der Waals surface area contributed by atoms with E-state index in [1.807, 2.05) is 0 Å². The minimum Gasteiger partial charge on any atom is -0.369 e. The number of hydrogen-bond donors (Lipinski definition) is 3. The molecule has 0 saturated heterocycles. The molecule has 1 saturated carbocycles. The van der Waals surface area contributed by atoms with Crippen molar-refractivity contribution in [1.82, 2.24) is 5.32 Å². The van der Waals surface area contributed by atoms with E-state index in [-0.39, 0.29) is 0 Å². The van der Waals surface area contributed by atoms with E-state index in [1.165, 1.54) is 0 Å². The molecule has 0 spiro atoms. The van der Waals surface area contributed by atoms with Crippen LogP contribution >= 0.6 is 0 Å². The smallest absolute Gasteiger partial charge is 0.249 e. The molecule has 4 nitrogen and oxygen atoms in total. The molecule has 1 unspecified atom stereocenters. The van der Waals surface area contributed by atoms with Gasteiger partial charge in [-0.2, -0.15) is 0 Å². The van der Waals surface area contributed by atoms with Gasteiger partial charge in [-0.3, -0.25) is 4.79 Å². The molecule has 1 aliphatic carbocycles. The Bertz CT molecular complexity index is 331. The highest BCUT2D eigenvalue weighted by molar-refractivity contribution is 5.95. The zero-order valence-electron chi connectivity index (χ0n) is 7.92. The number of carbonyl (C=O) groups excluding carboxylic acids is 1. The van der Waals surface area contributed by atoms with E-state index in [9.17, 15) is 9.90 Å². The summed E-state index contributed by atoms with van der Waals surface area (Å²) in [4.78, 5) is 11.2. The molecule has 76 valence electrons. The minimum absolute atomic E-state index is 0.349. The maximum Gasteiger partial charge on any atom is 0.249 e. The number of aliphatic hydroxyl groups is 1. The Kier molecular flexibility index (Phi) is 2.29. The number of nitrogens with two attached hydrogens (primary N) is 1. The van der Waals surface area contributed by atoms with Crippen LogP contribution in [0, 0.1) is 0 Å². The molecular weight excluding hydrogens is 180 g/mol. The van der Waals surface area contributed by atoms with Crippen LogP contribution in [0.2, 0.25) is 0 Å².